The van der Waals surface area contributed by atoms with Gasteiger partial charge in [-0.2, -0.15) is 0 Å². The number of rotatable bonds is 8. The minimum absolute atomic E-state index is 0.133. The number of esters is 1. The molecule has 0 N–H and O–H groups in total. The third-order valence-corrected chi connectivity index (χ3v) is 5.28. The Labute approximate surface area is 171 Å². The van der Waals surface area contributed by atoms with E-state index in [0.717, 1.165) is 11.3 Å². The molecule has 1 aliphatic heterocycles. The zero-order valence-electron chi connectivity index (χ0n) is 16.4. The molecule has 0 saturated heterocycles. The van der Waals surface area contributed by atoms with Gasteiger partial charge < -0.3 is 18.9 Å². The van der Waals surface area contributed by atoms with Crippen LogP contribution in [0, 0.1) is 0 Å². The maximum absolute atomic E-state index is 13.6. The van der Waals surface area contributed by atoms with Crippen molar-refractivity contribution in [2.45, 2.75) is 12.5 Å². The molecule has 9 heteroatoms. The summed E-state index contributed by atoms with van der Waals surface area (Å²) in [5.74, 6) is 0.199. The number of aromatic nitrogens is 1. The van der Waals surface area contributed by atoms with Crippen LogP contribution in [0.1, 0.15) is 32.8 Å². The topological polar surface area (TPSA) is 96.3 Å². The summed E-state index contributed by atoms with van der Waals surface area (Å²) < 4.78 is 21.0. The van der Waals surface area contributed by atoms with Gasteiger partial charge in [-0.25, -0.2) is 9.78 Å². The van der Waals surface area contributed by atoms with Crippen LogP contribution < -0.4 is 14.2 Å². The zero-order chi connectivity index (χ0) is 21.0. The Morgan fingerprint density at radius 3 is 2.34 bits per heavy atom. The zero-order valence-corrected chi connectivity index (χ0v) is 17.2. The first-order valence-electron chi connectivity index (χ1n) is 8.71. The molecule has 2 aromatic rings. The molecule has 1 aromatic heterocycles. The molecule has 0 radical (unpaired) electrons. The highest BCUT2D eigenvalue weighted by atomic mass is 32.1. The number of ketones is 1. The largest absolute Gasteiger partial charge is 0.496 e. The van der Waals surface area contributed by atoms with Crippen LogP contribution in [0.5, 0.6) is 17.2 Å². The van der Waals surface area contributed by atoms with Gasteiger partial charge in [-0.15, -0.1) is 11.3 Å². The predicted molar refractivity (Wildman–Crippen MR) is 108 cm³/mol. The smallest absolute Gasteiger partial charge is 0.357 e. The van der Waals surface area contributed by atoms with E-state index in [1.54, 1.807) is 36.6 Å². The number of aliphatic imine (C=N–C) groups is 1. The van der Waals surface area contributed by atoms with Gasteiger partial charge in [-0.1, -0.05) is 0 Å². The molecule has 1 aromatic carbocycles. The molecule has 0 amide bonds. The highest BCUT2D eigenvalue weighted by Crippen LogP contribution is 2.41. The Kier molecular flexibility index (Phi) is 5.97. The Hall–Kier alpha value is -3.20. The number of carbonyl (C=O) groups is 2. The minimum atomic E-state index is -1.40. The summed E-state index contributed by atoms with van der Waals surface area (Å²) in [6.07, 6.45) is 4.83. The summed E-state index contributed by atoms with van der Waals surface area (Å²) >= 11 is 1.16. The van der Waals surface area contributed by atoms with Crippen molar-refractivity contribution in [2.24, 2.45) is 4.99 Å². The summed E-state index contributed by atoms with van der Waals surface area (Å²) in [6, 6.07) is 3.12. The molecular weight excluding hydrogens is 396 g/mol. The van der Waals surface area contributed by atoms with E-state index < -0.39 is 11.5 Å². The summed E-state index contributed by atoms with van der Waals surface area (Å²) in [5, 5.41) is 1.91. The van der Waals surface area contributed by atoms with Crippen LogP contribution in [-0.2, 0) is 10.3 Å². The van der Waals surface area contributed by atoms with E-state index in [1.807, 2.05) is 0 Å². The standard InChI is InChI=1S/C20H20N2O6S/c1-5-28-18(24)13-11-29-19(22-13)20(7-6-8-21-20)17(23)12-9-15(26-3)16(27-4)10-14(12)25-2/h6-11H,5H2,1-4H3. The molecule has 1 aliphatic rings. The SMILES string of the molecule is CCOC(=O)c1csc(C2(C(=O)c3cc(OC)c(OC)cc3OC)C=CC=N2)n1. The minimum Gasteiger partial charge on any atom is -0.496 e. The summed E-state index contributed by atoms with van der Waals surface area (Å²) in [6.45, 7) is 1.94. The molecule has 2 heterocycles. The van der Waals surface area contributed by atoms with Crippen molar-refractivity contribution >= 4 is 29.3 Å². The van der Waals surface area contributed by atoms with Gasteiger partial charge in [0.2, 0.25) is 5.78 Å². The van der Waals surface area contributed by atoms with Crippen molar-refractivity contribution < 1.29 is 28.5 Å². The number of benzene rings is 1. The second-order valence-corrected chi connectivity index (χ2v) is 6.76. The van der Waals surface area contributed by atoms with Gasteiger partial charge in [0, 0.05) is 17.7 Å². The van der Waals surface area contributed by atoms with Gasteiger partial charge in [-0.3, -0.25) is 9.79 Å². The second-order valence-electron chi connectivity index (χ2n) is 5.90. The number of allylic oxidation sites excluding steroid dienone is 1. The van der Waals surface area contributed by atoms with E-state index in [2.05, 4.69) is 9.98 Å². The van der Waals surface area contributed by atoms with Gasteiger partial charge >= 0.3 is 5.97 Å². The average molecular weight is 416 g/mol. The predicted octanol–water partition coefficient (Wildman–Crippen LogP) is 3.06. The normalized spacial score (nSPS) is 17.2. The molecule has 1 unspecified atom stereocenters. The highest BCUT2D eigenvalue weighted by Gasteiger charge is 2.44. The lowest BCUT2D eigenvalue weighted by atomic mass is 9.90. The molecular formula is C20H20N2O6S. The van der Waals surface area contributed by atoms with E-state index in [-0.39, 0.29) is 23.6 Å². The van der Waals surface area contributed by atoms with Crippen LogP contribution >= 0.6 is 11.3 Å². The van der Waals surface area contributed by atoms with Gasteiger partial charge in [0.05, 0.1) is 33.5 Å². The lowest BCUT2D eigenvalue weighted by Gasteiger charge is -2.22. The van der Waals surface area contributed by atoms with Gasteiger partial charge in [-0.05, 0) is 25.1 Å². The fourth-order valence-corrected chi connectivity index (χ4v) is 3.82. The van der Waals surface area contributed by atoms with E-state index in [0.29, 0.717) is 22.3 Å². The second kappa shape index (κ2) is 8.44. The van der Waals surface area contributed by atoms with Gasteiger partial charge in [0.15, 0.2) is 22.7 Å². The third-order valence-electron chi connectivity index (χ3n) is 4.31. The summed E-state index contributed by atoms with van der Waals surface area (Å²) in [4.78, 5) is 34.3. The molecule has 0 spiro atoms. The van der Waals surface area contributed by atoms with Crippen LogP contribution in [0.4, 0.5) is 0 Å². The van der Waals surface area contributed by atoms with E-state index >= 15 is 0 Å². The van der Waals surface area contributed by atoms with Crippen LogP contribution in [0.3, 0.4) is 0 Å². The van der Waals surface area contributed by atoms with Crippen LogP contribution in [0.15, 0.2) is 34.7 Å². The van der Waals surface area contributed by atoms with Crippen LogP contribution in [0.2, 0.25) is 0 Å². The third kappa shape index (κ3) is 3.61. The lowest BCUT2D eigenvalue weighted by Crippen LogP contribution is -2.31. The van der Waals surface area contributed by atoms with Crippen LogP contribution in [0.25, 0.3) is 0 Å². The number of ether oxygens (including phenoxy) is 4. The lowest BCUT2D eigenvalue weighted by molar-refractivity contribution is 0.0519. The first kappa shape index (κ1) is 20.5. The molecule has 0 saturated carbocycles. The fourth-order valence-electron chi connectivity index (χ4n) is 2.90. The van der Waals surface area contributed by atoms with Crippen molar-refractivity contribution in [3.8, 4) is 17.2 Å². The molecule has 0 bridgehead atoms. The Morgan fingerprint density at radius 1 is 1.07 bits per heavy atom. The number of hydrogen-bond donors (Lipinski definition) is 0. The van der Waals surface area contributed by atoms with E-state index in [4.69, 9.17) is 18.9 Å². The van der Waals surface area contributed by atoms with Crippen molar-refractivity contribution in [3.05, 3.63) is 45.9 Å². The Morgan fingerprint density at radius 2 is 1.76 bits per heavy atom. The Bertz CT molecular complexity index is 983. The first-order valence-corrected chi connectivity index (χ1v) is 9.59. The van der Waals surface area contributed by atoms with Gasteiger partial charge in [0.1, 0.15) is 10.8 Å². The van der Waals surface area contributed by atoms with Crippen molar-refractivity contribution in [3.63, 3.8) is 0 Å². The molecule has 3 rings (SSSR count). The maximum atomic E-state index is 13.6. The highest BCUT2D eigenvalue weighted by molar-refractivity contribution is 7.10. The molecule has 152 valence electrons. The average Bonchev–Trinajstić information content (AvgIpc) is 3.42. The molecule has 29 heavy (non-hydrogen) atoms. The van der Waals surface area contributed by atoms with Gasteiger partial charge in [0.25, 0.3) is 0 Å². The molecule has 0 aliphatic carbocycles. The number of Topliss-reactive ketones (excluding diaryl/α,β-unsaturated/α-hetero) is 1. The maximum Gasteiger partial charge on any atom is 0.357 e. The monoisotopic (exact) mass is 416 g/mol. The van der Waals surface area contributed by atoms with E-state index in [9.17, 15) is 9.59 Å². The number of thiazole rings is 1. The fraction of sp³-hybridized carbons (Fsp3) is 0.300. The number of carbonyl (C=O) groups excluding carboxylic acids is 2. The van der Waals surface area contributed by atoms with Crippen molar-refractivity contribution in [2.75, 3.05) is 27.9 Å². The van der Waals surface area contributed by atoms with Crippen LogP contribution in [-0.4, -0.2) is 50.9 Å². The number of nitrogens with zero attached hydrogens (tertiary/aromatic N) is 2. The molecule has 8 nitrogen and oxygen atoms in total. The molecule has 1 atom stereocenters. The number of methoxy groups -OCH3 is 3. The van der Waals surface area contributed by atoms with Crippen molar-refractivity contribution in [1.29, 1.82) is 0 Å². The number of hydrogen-bond acceptors (Lipinski definition) is 9. The Balaban J connectivity index is 2.09. The molecule has 0 fully saturated rings. The van der Waals surface area contributed by atoms with Crippen molar-refractivity contribution in [1.82, 2.24) is 4.98 Å². The summed E-state index contributed by atoms with van der Waals surface area (Å²) in [5.41, 5.74) is -1.02. The summed E-state index contributed by atoms with van der Waals surface area (Å²) in [7, 11) is 4.44. The quantitative estimate of drug-likeness (QED) is 0.482. The van der Waals surface area contributed by atoms with E-state index in [1.165, 1.54) is 27.5 Å². The first-order chi connectivity index (χ1) is 14.0.